The quantitative estimate of drug-likeness (QED) is 0.308. The summed E-state index contributed by atoms with van der Waals surface area (Å²) in [4.78, 5) is 15.7. The van der Waals surface area contributed by atoms with E-state index in [1.807, 2.05) is 0 Å². The van der Waals surface area contributed by atoms with E-state index in [2.05, 4.69) is 53.0 Å². The lowest BCUT2D eigenvalue weighted by Gasteiger charge is -2.25. The molecule has 140 valence electrons. The van der Waals surface area contributed by atoms with E-state index in [0.29, 0.717) is 6.04 Å². The minimum absolute atomic E-state index is 0. The summed E-state index contributed by atoms with van der Waals surface area (Å²) in [7, 11) is 0. The number of aliphatic imine (C=N–C) groups is 1. The maximum atomic E-state index is 4.88. The first-order chi connectivity index (χ1) is 11.7. The lowest BCUT2D eigenvalue weighted by Crippen LogP contribution is -2.43. The highest BCUT2D eigenvalue weighted by atomic mass is 127. The Balaban J connectivity index is 0.00000225. The predicted octanol–water partition coefficient (Wildman–Crippen LogP) is 2.83. The zero-order chi connectivity index (χ0) is 16.9. The second kappa shape index (κ2) is 9.87. The van der Waals surface area contributed by atoms with Gasteiger partial charge in [0.1, 0.15) is 0 Å². The second-order valence-corrected chi connectivity index (χ2v) is 7.83. The summed E-state index contributed by atoms with van der Waals surface area (Å²) in [5, 5.41) is 4.62. The molecule has 0 bridgehead atoms. The molecule has 0 aliphatic carbocycles. The van der Waals surface area contributed by atoms with Crippen LogP contribution < -0.4 is 5.32 Å². The topological polar surface area (TPSA) is 43.8 Å². The van der Waals surface area contributed by atoms with Gasteiger partial charge in [0.25, 0.3) is 0 Å². The summed E-state index contributed by atoms with van der Waals surface area (Å²) < 4.78 is 0. The van der Waals surface area contributed by atoms with Crippen LogP contribution in [0, 0.1) is 13.8 Å². The highest BCUT2D eigenvalue weighted by Crippen LogP contribution is 2.19. The van der Waals surface area contributed by atoms with E-state index >= 15 is 0 Å². The molecule has 1 unspecified atom stereocenters. The lowest BCUT2D eigenvalue weighted by atomic mass is 10.2. The van der Waals surface area contributed by atoms with Gasteiger partial charge < -0.3 is 10.2 Å². The van der Waals surface area contributed by atoms with Crippen molar-refractivity contribution in [3.63, 3.8) is 0 Å². The van der Waals surface area contributed by atoms with Crippen LogP contribution in [0.15, 0.2) is 17.1 Å². The van der Waals surface area contributed by atoms with Gasteiger partial charge in [0.2, 0.25) is 0 Å². The molecule has 0 radical (unpaired) electrons. The summed E-state index contributed by atoms with van der Waals surface area (Å²) in [6.07, 6.45) is 6.78. The molecule has 3 heterocycles. The smallest absolute Gasteiger partial charge is 0.193 e. The van der Waals surface area contributed by atoms with E-state index in [0.717, 1.165) is 56.7 Å². The van der Waals surface area contributed by atoms with E-state index in [9.17, 15) is 0 Å². The molecule has 5 nitrogen and oxygen atoms in total. The molecule has 25 heavy (non-hydrogen) atoms. The number of rotatable bonds is 5. The van der Waals surface area contributed by atoms with Gasteiger partial charge in [0, 0.05) is 56.6 Å². The highest BCUT2D eigenvalue weighted by Gasteiger charge is 2.29. The fourth-order valence-electron chi connectivity index (χ4n) is 3.52. The maximum Gasteiger partial charge on any atom is 0.193 e. The predicted molar refractivity (Wildman–Crippen MR) is 117 cm³/mol. The Hall–Kier alpha value is -0.670. The van der Waals surface area contributed by atoms with Crippen molar-refractivity contribution in [1.29, 1.82) is 0 Å². The van der Waals surface area contributed by atoms with Crippen LogP contribution in [0.25, 0.3) is 0 Å². The average molecular weight is 475 g/mol. The van der Waals surface area contributed by atoms with Crippen molar-refractivity contribution in [3.8, 4) is 0 Å². The number of thiazole rings is 1. The molecule has 1 N–H and O–H groups in total. The molecule has 1 atom stereocenters. The molecule has 2 aliphatic heterocycles. The monoisotopic (exact) mass is 475 g/mol. The first-order valence-electron chi connectivity index (χ1n) is 9.02. The van der Waals surface area contributed by atoms with Crippen molar-refractivity contribution in [3.05, 3.63) is 27.7 Å². The fraction of sp³-hybridized carbons (Fsp3) is 0.667. The number of nitrogens with one attached hydrogen (secondary N) is 1. The van der Waals surface area contributed by atoms with Crippen LogP contribution in [0.3, 0.4) is 0 Å². The van der Waals surface area contributed by atoms with Gasteiger partial charge in [0.05, 0.1) is 10.7 Å². The highest BCUT2D eigenvalue weighted by molar-refractivity contribution is 14.0. The van der Waals surface area contributed by atoms with Gasteiger partial charge in [-0.15, -0.1) is 35.3 Å². The Bertz CT molecular complexity index is 605. The van der Waals surface area contributed by atoms with E-state index in [-0.39, 0.29) is 24.0 Å². The van der Waals surface area contributed by atoms with Gasteiger partial charge in [-0.2, -0.15) is 0 Å². The Morgan fingerprint density at radius 1 is 1.36 bits per heavy atom. The van der Waals surface area contributed by atoms with Crippen molar-refractivity contribution in [1.82, 2.24) is 20.1 Å². The maximum absolute atomic E-state index is 4.88. The largest absolute Gasteiger partial charge is 0.357 e. The van der Waals surface area contributed by atoms with Crippen LogP contribution in [0.5, 0.6) is 0 Å². The van der Waals surface area contributed by atoms with Gasteiger partial charge in [0.15, 0.2) is 5.96 Å². The van der Waals surface area contributed by atoms with Crippen LogP contribution >= 0.6 is 35.3 Å². The van der Waals surface area contributed by atoms with Gasteiger partial charge in [-0.25, -0.2) is 4.98 Å². The number of nitrogens with zero attached hydrogens (tertiary/aromatic N) is 4. The van der Waals surface area contributed by atoms with Crippen molar-refractivity contribution < 1.29 is 0 Å². The first-order valence-corrected chi connectivity index (χ1v) is 9.84. The molecule has 1 saturated heterocycles. The van der Waals surface area contributed by atoms with Crippen molar-refractivity contribution in [2.24, 2.45) is 4.99 Å². The number of hydrogen-bond acceptors (Lipinski definition) is 4. The normalized spacial score (nSPS) is 21.0. The number of likely N-dealkylation sites (tertiary alicyclic amines) is 1. The minimum atomic E-state index is 0. The lowest BCUT2D eigenvalue weighted by molar-refractivity contribution is 0.259. The zero-order valence-corrected chi connectivity index (χ0v) is 18.6. The van der Waals surface area contributed by atoms with E-state index < -0.39 is 0 Å². The van der Waals surface area contributed by atoms with Crippen molar-refractivity contribution >= 4 is 41.3 Å². The van der Waals surface area contributed by atoms with Gasteiger partial charge in [-0.05, 0) is 27.2 Å². The standard InChI is InChI=1S/C18H29N5S.HI/c1-4-19-18(20-9-7-17-14(2)21-15(3)24-17)23-12-8-16(13-23)22-10-5-6-11-22;/h5-6,16H,4,7-13H2,1-3H3,(H,19,20);1H. The van der Waals surface area contributed by atoms with Crippen LogP contribution in [0.4, 0.5) is 0 Å². The zero-order valence-electron chi connectivity index (χ0n) is 15.5. The third-order valence-corrected chi connectivity index (χ3v) is 5.89. The van der Waals surface area contributed by atoms with Crippen LogP contribution in [-0.2, 0) is 6.42 Å². The molecule has 1 aromatic rings. The fourth-order valence-corrected chi connectivity index (χ4v) is 4.45. The molecule has 7 heteroatoms. The first kappa shape index (κ1) is 20.6. The van der Waals surface area contributed by atoms with Crippen LogP contribution in [0.1, 0.15) is 28.9 Å². The summed E-state index contributed by atoms with van der Waals surface area (Å²) in [6.45, 7) is 12.5. The molecule has 1 aromatic heterocycles. The van der Waals surface area contributed by atoms with Gasteiger partial charge in [-0.3, -0.25) is 9.89 Å². The van der Waals surface area contributed by atoms with Crippen LogP contribution in [0.2, 0.25) is 0 Å². The van der Waals surface area contributed by atoms with E-state index in [1.165, 1.54) is 17.0 Å². The van der Waals surface area contributed by atoms with Crippen molar-refractivity contribution in [2.75, 3.05) is 39.3 Å². The third kappa shape index (κ3) is 5.40. The number of aromatic nitrogens is 1. The Kier molecular flexibility index (Phi) is 8.15. The molecule has 3 rings (SSSR count). The molecule has 0 saturated carbocycles. The average Bonchev–Trinajstić information content (AvgIpc) is 3.27. The molecular formula is C18H30IN5S. The second-order valence-electron chi connectivity index (χ2n) is 6.54. The molecule has 0 aromatic carbocycles. The summed E-state index contributed by atoms with van der Waals surface area (Å²) in [5.41, 5.74) is 1.17. The SMILES string of the molecule is CCNC(=NCCc1sc(C)nc1C)N1CCC(N2CC=CC2)C1.I. The van der Waals surface area contributed by atoms with E-state index in [4.69, 9.17) is 4.99 Å². The van der Waals surface area contributed by atoms with Crippen LogP contribution in [-0.4, -0.2) is 66.1 Å². The Morgan fingerprint density at radius 3 is 2.76 bits per heavy atom. The summed E-state index contributed by atoms with van der Waals surface area (Å²) in [6, 6.07) is 0.662. The van der Waals surface area contributed by atoms with E-state index in [1.54, 1.807) is 11.3 Å². The number of aryl methyl sites for hydroxylation is 2. The summed E-state index contributed by atoms with van der Waals surface area (Å²) >= 11 is 1.80. The minimum Gasteiger partial charge on any atom is -0.357 e. The molecule has 0 amide bonds. The molecule has 0 spiro atoms. The van der Waals surface area contributed by atoms with Gasteiger partial charge in [-0.1, -0.05) is 12.2 Å². The number of halogens is 1. The summed E-state index contributed by atoms with van der Waals surface area (Å²) in [5.74, 6) is 1.08. The Morgan fingerprint density at radius 2 is 2.12 bits per heavy atom. The molecule has 1 fully saturated rings. The number of hydrogen-bond donors (Lipinski definition) is 1. The third-order valence-electron chi connectivity index (χ3n) is 4.76. The van der Waals surface area contributed by atoms with Crippen molar-refractivity contribution in [2.45, 2.75) is 39.7 Å². The number of guanidine groups is 1. The van der Waals surface area contributed by atoms with Gasteiger partial charge >= 0.3 is 0 Å². The molecular weight excluding hydrogens is 445 g/mol. The molecule has 2 aliphatic rings. The Labute approximate surface area is 172 Å².